The summed E-state index contributed by atoms with van der Waals surface area (Å²) >= 11 is 6.54. The van der Waals surface area contributed by atoms with Crippen LogP contribution in [0.4, 0.5) is 0 Å². The van der Waals surface area contributed by atoms with Crippen LogP contribution in [0.3, 0.4) is 0 Å². The molecule has 1 unspecified atom stereocenters. The molecule has 29 heavy (non-hydrogen) atoms. The number of aryl methyl sites for hydroxylation is 1. The molecule has 2 heterocycles. The molecule has 6 heteroatoms. The van der Waals surface area contributed by atoms with Gasteiger partial charge in [-0.15, -0.1) is 0 Å². The fourth-order valence-electron chi connectivity index (χ4n) is 4.10. The van der Waals surface area contributed by atoms with Crippen LogP contribution in [0.2, 0.25) is 5.02 Å². The van der Waals surface area contributed by atoms with Gasteiger partial charge in [-0.25, -0.2) is 0 Å². The molecule has 0 aliphatic rings. The predicted molar refractivity (Wildman–Crippen MR) is 121 cm³/mol. The average Bonchev–Trinajstić information content (AvgIpc) is 2.60. The molecule has 3 aromatic rings. The Hall–Kier alpha value is -2.11. The number of rotatable bonds is 6. The number of fused-ring (bicyclic) bond motifs is 3. The third-order valence-electron chi connectivity index (χ3n) is 5.11. The second-order valence-electron chi connectivity index (χ2n) is 8.93. The molecule has 0 radical (unpaired) electrons. The summed E-state index contributed by atoms with van der Waals surface area (Å²) in [5.41, 5.74) is 7.49. The van der Waals surface area contributed by atoms with Gasteiger partial charge in [0.05, 0.1) is 21.6 Å². The molecule has 0 saturated heterocycles. The van der Waals surface area contributed by atoms with E-state index < -0.39 is 5.54 Å². The van der Waals surface area contributed by atoms with Crippen LogP contribution in [0.1, 0.15) is 52.8 Å². The number of hydrogen-bond acceptors (Lipinski definition) is 4. The monoisotopic (exact) mass is 415 g/mol. The Morgan fingerprint density at radius 2 is 1.90 bits per heavy atom. The van der Waals surface area contributed by atoms with E-state index in [0.717, 1.165) is 28.4 Å². The summed E-state index contributed by atoms with van der Waals surface area (Å²) in [5.74, 6) is 0.944. The van der Waals surface area contributed by atoms with Gasteiger partial charge in [0.15, 0.2) is 0 Å². The third kappa shape index (κ3) is 4.26. The van der Waals surface area contributed by atoms with Gasteiger partial charge in [-0.1, -0.05) is 25.4 Å². The van der Waals surface area contributed by atoms with E-state index in [1.165, 1.54) is 0 Å². The van der Waals surface area contributed by atoms with Crippen LogP contribution in [0.5, 0.6) is 5.75 Å². The van der Waals surface area contributed by atoms with Gasteiger partial charge in [0.2, 0.25) is 0 Å². The highest BCUT2D eigenvalue weighted by Gasteiger charge is 2.23. The first kappa shape index (κ1) is 21.6. The standard InChI is InChI=1S/C23H30ClN3O2/c1-13(2)11-23(6,25)12-29-20-10-18-17(9-19(20)24)16-7-8-26-15(5)21(16)27(14(3)4)22(18)28/h7-10,13-14H,11-12,25H2,1-6H3. The number of aromatic nitrogens is 2. The minimum Gasteiger partial charge on any atom is -0.490 e. The molecule has 0 fully saturated rings. The van der Waals surface area contributed by atoms with Crippen LogP contribution >= 0.6 is 11.6 Å². The van der Waals surface area contributed by atoms with E-state index in [2.05, 4.69) is 18.8 Å². The molecule has 0 spiro atoms. The number of pyridine rings is 2. The molecule has 0 aliphatic heterocycles. The smallest absolute Gasteiger partial charge is 0.259 e. The van der Waals surface area contributed by atoms with E-state index in [9.17, 15) is 4.79 Å². The van der Waals surface area contributed by atoms with E-state index in [1.807, 2.05) is 39.8 Å². The van der Waals surface area contributed by atoms with Crippen molar-refractivity contribution < 1.29 is 4.74 Å². The van der Waals surface area contributed by atoms with Crippen molar-refractivity contribution in [3.05, 3.63) is 45.5 Å². The number of ether oxygens (including phenoxy) is 1. The van der Waals surface area contributed by atoms with Crippen LogP contribution < -0.4 is 16.0 Å². The first-order valence-electron chi connectivity index (χ1n) is 10.1. The average molecular weight is 416 g/mol. The molecule has 0 amide bonds. The van der Waals surface area contributed by atoms with E-state index in [0.29, 0.717) is 28.7 Å². The van der Waals surface area contributed by atoms with Crippen LogP contribution in [0, 0.1) is 12.8 Å². The largest absolute Gasteiger partial charge is 0.490 e. The summed E-state index contributed by atoms with van der Waals surface area (Å²) in [4.78, 5) is 17.7. The van der Waals surface area contributed by atoms with E-state index in [4.69, 9.17) is 22.1 Å². The number of halogens is 1. The predicted octanol–water partition coefficient (Wildman–Crippen LogP) is 5.23. The highest BCUT2D eigenvalue weighted by molar-refractivity contribution is 6.33. The molecule has 0 bridgehead atoms. The summed E-state index contributed by atoms with van der Waals surface area (Å²) in [7, 11) is 0. The zero-order chi connectivity index (χ0) is 21.5. The summed E-state index contributed by atoms with van der Waals surface area (Å²) in [6, 6.07) is 5.49. The van der Waals surface area contributed by atoms with Crippen LogP contribution in [-0.4, -0.2) is 21.7 Å². The minimum absolute atomic E-state index is 0.00396. The number of nitrogens with two attached hydrogens (primary N) is 1. The normalized spacial score (nSPS) is 14.1. The maximum Gasteiger partial charge on any atom is 0.259 e. The summed E-state index contributed by atoms with van der Waals surface area (Å²) in [5, 5.41) is 2.81. The van der Waals surface area contributed by atoms with Gasteiger partial charge in [0.1, 0.15) is 12.4 Å². The molecule has 156 valence electrons. The Morgan fingerprint density at radius 3 is 2.52 bits per heavy atom. The first-order chi connectivity index (χ1) is 13.5. The van der Waals surface area contributed by atoms with Gasteiger partial charge >= 0.3 is 0 Å². The number of benzene rings is 1. The van der Waals surface area contributed by atoms with Crippen molar-refractivity contribution >= 4 is 33.3 Å². The SMILES string of the molecule is Cc1nccc2c3cc(Cl)c(OCC(C)(N)CC(C)C)cc3c(=O)n(C(C)C)c12. The molecular weight excluding hydrogens is 386 g/mol. The number of hydrogen-bond donors (Lipinski definition) is 1. The van der Waals surface area contributed by atoms with Crippen molar-refractivity contribution in [2.45, 2.75) is 59.5 Å². The van der Waals surface area contributed by atoms with Crippen molar-refractivity contribution in [1.82, 2.24) is 9.55 Å². The quantitative estimate of drug-likeness (QED) is 0.559. The van der Waals surface area contributed by atoms with Gasteiger partial charge < -0.3 is 15.0 Å². The summed E-state index contributed by atoms with van der Waals surface area (Å²) < 4.78 is 7.78. The molecule has 2 N–H and O–H groups in total. The first-order valence-corrected chi connectivity index (χ1v) is 10.4. The second kappa shape index (κ2) is 7.96. The molecule has 1 aromatic carbocycles. The lowest BCUT2D eigenvalue weighted by atomic mass is 9.93. The van der Waals surface area contributed by atoms with Gasteiger partial charge in [-0.3, -0.25) is 9.78 Å². The Morgan fingerprint density at radius 1 is 1.21 bits per heavy atom. The second-order valence-corrected chi connectivity index (χ2v) is 9.34. The zero-order valence-corrected chi connectivity index (χ0v) is 18.8. The van der Waals surface area contributed by atoms with Crippen molar-refractivity contribution in [3.63, 3.8) is 0 Å². The molecule has 0 aliphatic carbocycles. The molecule has 3 rings (SSSR count). The molecule has 0 saturated carbocycles. The lowest BCUT2D eigenvalue weighted by Gasteiger charge is -2.27. The van der Waals surface area contributed by atoms with Crippen LogP contribution in [0.15, 0.2) is 29.2 Å². The fourth-order valence-corrected chi connectivity index (χ4v) is 4.32. The maximum absolute atomic E-state index is 13.4. The third-order valence-corrected chi connectivity index (χ3v) is 5.40. The van der Waals surface area contributed by atoms with Crippen molar-refractivity contribution in [1.29, 1.82) is 0 Å². The van der Waals surface area contributed by atoms with E-state index in [-0.39, 0.29) is 11.6 Å². The van der Waals surface area contributed by atoms with E-state index in [1.54, 1.807) is 16.8 Å². The van der Waals surface area contributed by atoms with Crippen molar-refractivity contribution in [2.75, 3.05) is 6.61 Å². The fraction of sp³-hybridized carbons (Fsp3) is 0.478. The highest BCUT2D eigenvalue weighted by atomic mass is 35.5. The highest BCUT2D eigenvalue weighted by Crippen LogP contribution is 2.34. The topological polar surface area (TPSA) is 70.1 Å². The maximum atomic E-state index is 13.4. The zero-order valence-electron chi connectivity index (χ0n) is 18.0. The Labute approximate surface area is 176 Å². The van der Waals surface area contributed by atoms with Gasteiger partial charge in [-0.05, 0) is 63.6 Å². The molecular formula is C23H30ClN3O2. The lowest BCUT2D eigenvalue weighted by Crippen LogP contribution is -2.43. The molecule has 1 atom stereocenters. The lowest BCUT2D eigenvalue weighted by molar-refractivity contribution is 0.207. The van der Waals surface area contributed by atoms with Crippen LogP contribution in [-0.2, 0) is 0 Å². The van der Waals surface area contributed by atoms with Crippen molar-refractivity contribution in [2.24, 2.45) is 11.7 Å². The Balaban J connectivity index is 2.18. The Bertz CT molecular complexity index is 1120. The molecule has 2 aromatic heterocycles. The van der Waals surface area contributed by atoms with Gasteiger partial charge in [-0.2, -0.15) is 0 Å². The summed E-state index contributed by atoms with van der Waals surface area (Å²) in [6.07, 6.45) is 2.59. The minimum atomic E-state index is -0.475. The van der Waals surface area contributed by atoms with Gasteiger partial charge in [0, 0.05) is 23.2 Å². The van der Waals surface area contributed by atoms with Crippen LogP contribution in [0.25, 0.3) is 21.7 Å². The number of nitrogens with zero attached hydrogens (tertiary/aromatic N) is 2. The summed E-state index contributed by atoms with van der Waals surface area (Å²) in [6.45, 7) is 12.5. The Kier molecular flexibility index (Phi) is 5.93. The van der Waals surface area contributed by atoms with Crippen molar-refractivity contribution in [3.8, 4) is 5.75 Å². The van der Waals surface area contributed by atoms with E-state index >= 15 is 0 Å². The van der Waals surface area contributed by atoms with Gasteiger partial charge in [0.25, 0.3) is 5.56 Å². The molecule has 5 nitrogen and oxygen atoms in total.